The third kappa shape index (κ3) is 4.16. The lowest BCUT2D eigenvalue weighted by Crippen LogP contribution is -2.26. The second kappa shape index (κ2) is 5.69. The molecule has 1 atom stereocenters. The Balaban J connectivity index is 2.51. The van der Waals surface area contributed by atoms with Crippen LogP contribution >= 0.6 is 0 Å². The highest BCUT2D eigenvalue weighted by Crippen LogP contribution is 2.20. The molecule has 0 aliphatic rings. The van der Waals surface area contributed by atoms with E-state index in [0.717, 1.165) is 17.1 Å². The van der Waals surface area contributed by atoms with E-state index in [1.165, 1.54) is 0 Å². The molecule has 1 N–H and O–H groups in total. The number of rotatable bonds is 6. The number of aryl methyl sites for hydroxylation is 2. The van der Waals surface area contributed by atoms with Crippen molar-refractivity contribution in [3.63, 3.8) is 0 Å². The highest BCUT2D eigenvalue weighted by molar-refractivity contribution is 7.91. The molecule has 98 valence electrons. The SMILES string of the molecule is CCS(=O)(=O)CCNC(C)c1cc(C)oc1C. The highest BCUT2D eigenvalue weighted by atomic mass is 32.2. The molecule has 1 rings (SSSR count). The first-order chi connectivity index (χ1) is 7.85. The summed E-state index contributed by atoms with van der Waals surface area (Å²) in [5.41, 5.74) is 1.09. The van der Waals surface area contributed by atoms with E-state index in [2.05, 4.69) is 5.32 Å². The monoisotopic (exact) mass is 259 g/mol. The summed E-state index contributed by atoms with van der Waals surface area (Å²) in [5, 5.41) is 3.20. The summed E-state index contributed by atoms with van der Waals surface area (Å²) < 4.78 is 28.1. The van der Waals surface area contributed by atoms with E-state index in [0.29, 0.717) is 6.54 Å². The van der Waals surface area contributed by atoms with Gasteiger partial charge in [-0.2, -0.15) is 0 Å². The van der Waals surface area contributed by atoms with Crippen molar-refractivity contribution in [1.82, 2.24) is 5.32 Å². The van der Waals surface area contributed by atoms with E-state index in [1.54, 1.807) is 6.92 Å². The number of sulfone groups is 1. The first kappa shape index (κ1) is 14.3. The fourth-order valence-electron chi connectivity index (χ4n) is 1.77. The quantitative estimate of drug-likeness (QED) is 0.848. The van der Waals surface area contributed by atoms with E-state index in [1.807, 2.05) is 26.8 Å². The lowest BCUT2D eigenvalue weighted by atomic mass is 10.1. The molecule has 5 heteroatoms. The Labute approximate surface area is 103 Å². The molecule has 0 fully saturated rings. The van der Waals surface area contributed by atoms with E-state index < -0.39 is 9.84 Å². The van der Waals surface area contributed by atoms with Crippen LogP contribution in [0.15, 0.2) is 10.5 Å². The van der Waals surface area contributed by atoms with Crippen molar-refractivity contribution in [3.8, 4) is 0 Å². The highest BCUT2D eigenvalue weighted by Gasteiger charge is 2.13. The number of hydrogen-bond donors (Lipinski definition) is 1. The summed E-state index contributed by atoms with van der Waals surface area (Å²) in [6.07, 6.45) is 0. The summed E-state index contributed by atoms with van der Waals surface area (Å²) in [6, 6.07) is 2.10. The second-order valence-electron chi connectivity index (χ2n) is 4.28. The summed E-state index contributed by atoms with van der Waals surface area (Å²) in [7, 11) is -2.89. The zero-order chi connectivity index (χ0) is 13.1. The van der Waals surface area contributed by atoms with Gasteiger partial charge in [0, 0.05) is 23.9 Å². The smallest absolute Gasteiger partial charge is 0.151 e. The van der Waals surface area contributed by atoms with Gasteiger partial charge in [0.1, 0.15) is 11.5 Å². The van der Waals surface area contributed by atoms with Crippen LogP contribution in [0, 0.1) is 13.8 Å². The molecule has 1 unspecified atom stereocenters. The molecule has 0 saturated carbocycles. The first-order valence-electron chi connectivity index (χ1n) is 5.86. The molecule has 0 aliphatic heterocycles. The molecule has 0 aliphatic carbocycles. The molecule has 1 aromatic heterocycles. The predicted octanol–water partition coefficient (Wildman–Crippen LogP) is 1.98. The standard InChI is InChI=1S/C12H21NO3S/c1-5-17(14,15)7-6-13-10(3)12-8-9(2)16-11(12)4/h8,10,13H,5-7H2,1-4H3. The van der Waals surface area contributed by atoms with Crippen molar-refractivity contribution in [1.29, 1.82) is 0 Å². The van der Waals surface area contributed by atoms with E-state index in [4.69, 9.17) is 4.42 Å². The molecule has 4 nitrogen and oxygen atoms in total. The second-order valence-corrected chi connectivity index (χ2v) is 6.75. The zero-order valence-corrected chi connectivity index (χ0v) is 11.7. The summed E-state index contributed by atoms with van der Waals surface area (Å²) in [5.74, 6) is 2.16. The largest absolute Gasteiger partial charge is 0.466 e. The zero-order valence-electron chi connectivity index (χ0n) is 10.9. The third-order valence-electron chi connectivity index (χ3n) is 2.85. The summed E-state index contributed by atoms with van der Waals surface area (Å²) in [6.45, 7) is 7.98. The van der Waals surface area contributed by atoms with Gasteiger partial charge in [0.2, 0.25) is 0 Å². The maximum absolute atomic E-state index is 11.3. The summed E-state index contributed by atoms with van der Waals surface area (Å²) >= 11 is 0. The molecule has 0 spiro atoms. The van der Waals surface area contributed by atoms with Gasteiger partial charge >= 0.3 is 0 Å². The van der Waals surface area contributed by atoms with Crippen LogP contribution in [-0.4, -0.2) is 26.5 Å². The Morgan fingerprint density at radius 1 is 1.41 bits per heavy atom. The van der Waals surface area contributed by atoms with Crippen molar-refractivity contribution in [2.24, 2.45) is 0 Å². The Morgan fingerprint density at radius 3 is 2.53 bits per heavy atom. The fraction of sp³-hybridized carbons (Fsp3) is 0.667. The van der Waals surface area contributed by atoms with Crippen LogP contribution in [0.1, 0.15) is 37.0 Å². The van der Waals surface area contributed by atoms with Crippen LogP contribution < -0.4 is 5.32 Å². The van der Waals surface area contributed by atoms with Gasteiger partial charge in [0.25, 0.3) is 0 Å². The van der Waals surface area contributed by atoms with Crippen molar-refractivity contribution in [2.75, 3.05) is 18.1 Å². The van der Waals surface area contributed by atoms with E-state index in [-0.39, 0.29) is 17.5 Å². The van der Waals surface area contributed by atoms with Crippen LogP contribution in [0.25, 0.3) is 0 Å². The van der Waals surface area contributed by atoms with Crippen molar-refractivity contribution >= 4 is 9.84 Å². The predicted molar refractivity (Wildman–Crippen MR) is 68.9 cm³/mol. The van der Waals surface area contributed by atoms with E-state index in [9.17, 15) is 8.42 Å². The number of nitrogens with one attached hydrogen (secondary N) is 1. The lowest BCUT2D eigenvalue weighted by Gasteiger charge is -2.12. The van der Waals surface area contributed by atoms with E-state index >= 15 is 0 Å². The van der Waals surface area contributed by atoms with Crippen LogP contribution in [0.3, 0.4) is 0 Å². The Hall–Kier alpha value is -0.810. The Morgan fingerprint density at radius 2 is 2.06 bits per heavy atom. The molecule has 0 amide bonds. The minimum Gasteiger partial charge on any atom is -0.466 e. The van der Waals surface area contributed by atoms with Gasteiger partial charge < -0.3 is 9.73 Å². The van der Waals surface area contributed by atoms with Gasteiger partial charge in [-0.25, -0.2) is 8.42 Å². The molecular weight excluding hydrogens is 238 g/mol. The molecule has 17 heavy (non-hydrogen) atoms. The van der Waals surface area contributed by atoms with Gasteiger partial charge in [-0.3, -0.25) is 0 Å². The maximum Gasteiger partial charge on any atom is 0.151 e. The molecule has 1 heterocycles. The van der Waals surface area contributed by atoms with Gasteiger partial charge in [0.05, 0.1) is 5.75 Å². The molecule has 0 aromatic carbocycles. The van der Waals surface area contributed by atoms with Gasteiger partial charge in [-0.05, 0) is 26.8 Å². The molecule has 0 saturated heterocycles. The van der Waals surface area contributed by atoms with Gasteiger partial charge in [-0.1, -0.05) is 6.92 Å². The summed E-state index contributed by atoms with van der Waals surface area (Å²) in [4.78, 5) is 0. The van der Waals surface area contributed by atoms with Crippen LogP contribution in [-0.2, 0) is 9.84 Å². The number of hydrogen-bond acceptors (Lipinski definition) is 4. The topological polar surface area (TPSA) is 59.3 Å². The average molecular weight is 259 g/mol. The fourth-order valence-corrected chi connectivity index (χ4v) is 2.48. The Bertz CT molecular complexity index is 462. The average Bonchev–Trinajstić information content (AvgIpc) is 2.57. The first-order valence-corrected chi connectivity index (χ1v) is 7.68. The number of furan rings is 1. The minimum atomic E-state index is -2.89. The normalized spacial score (nSPS) is 13.9. The van der Waals surface area contributed by atoms with Gasteiger partial charge in [-0.15, -0.1) is 0 Å². The van der Waals surface area contributed by atoms with Crippen LogP contribution in [0.5, 0.6) is 0 Å². The van der Waals surface area contributed by atoms with Gasteiger partial charge in [0.15, 0.2) is 9.84 Å². The molecule has 0 bridgehead atoms. The molecular formula is C12H21NO3S. The maximum atomic E-state index is 11.3. The van der Waals surface area contributed by atoms with Crippen LogP contribution in [0.4, 0.5) is 0 Å². The third-order valence-corrected chi connectivity index (χ3v) is 4.56. The van der Waals surface area contributed by atoms with Crippen molar-refractivity contribution in [3.05, 3.63) is 23.2 Å². The van der Waals surface area contributed by atoms with Crippen molar-refractivity contribution in [2.45, 2.75) is 33.7 Å². The molecule has 0 radical (unpaired) electrons. The Kier molecular flexibility index (Phi) is 4.77. The molecule has 1 aromatic rings. The minimum absolute atomic E-state index is 0.111. The van der Waals surface area contributed by atoms with Crippen molar-refractivity contribution < 1.29 is 12.8 Å². The lowest BCUT2D eigenvalue weighted by molar-refractivity contribution is 0.492. The van der Waals surface area contributed by atoms with Crippen LogP contribution in [0.2, 0.25) is 0 Å².